The number of anilines is 1. The average Bonchev–Trinajstić information content (AvgIpc) is 3.60. The topological polar surface area (TPSA) is 87.4 Å². The van der Waals surface area contributed by atoms with Crippen LogP contribution in [0.2, 0.25) is 0 Å². The van der Waals surface area contributed by atoms with E-state index in [9.17, 15) is 9.59 Å². The Kier molecular flexibility index (Phi) is 7.13. The normalized spacial score (nSPS) is 18.6. The number of nitrogens with one attached hydrogen (secondary N) is 1. The molecule has 2 aliphatic rings. The largest absolute Gasteiger partial charge is 0.497 e. The molecule has 0 radical (unpaired) electrons. The first kappa shape index (κ1) is 23.8. The minimum Gasteiger partial charge on any atom is -0.497 e. The van der Waals surface area contributed by atoms with Gasteiger partial charge in [0.2, 0.25) is 5.91 Å². The minimum absolute atomic E-state index is 0.0401. The van der Waals surface area contributed by atoms with Crippen LogP contribution in [-0.4, -0.2) is 54.2 Å². The standard InChI is InChI=1S/C28H30N4O4/c1-35-23-11-9-20(10-12-23)24-18-25(26-8-5-17-36-26)32(30-24)27(33)19-31-15-13-21(14-16-31)28(34)29-22-6-3-2-4-7-22/h2-12,17,21,25H,13-16,18-19H2,1H3,(H,29,34). The summed E-state index contributed by atoms with van der Waals surface area (Å²) in [6.07, 6.45) is 3.63. The van der Waals surface area contributed by atoms with Gasteiger partial charge in [-0.15, -0.1) is 0 Å². The third-order valence-corrected chi connectivity index (χ3v) is 6.82. The molecule has 5 rings (SSSR count). The minimum atomic E-state index is -0.279. The van der Waals surface area contributed by atoms with Crippen LogP contribution in [0.1, 0.15) is 36.6 Å². The van der Waals surface area contributed by atoms with Crippen molar-refractivity contribution in [2.45, 2.75) is 25.3 Å². The molecule has 2 aromatic carbocycles. The highest BCUT2D eigenvalue weighted by Crippen LogP contribution is 2.33. The maximum atomic E-state index is 13.4. The summed E-state index contributed by atoms with van der Waals surface area (Å²) in [5.74, 6) is 1.39. The van der Waals surface area contributed by atoms with E-state index in [4.69, 9.17) is 14.3 Å². The van der Waals surface area contributed by atoms with Crippen LogP contribution >= 0.6 is 0 Å². The fourth-order valence-corrected chi connectivity index (χ4v) is 4.78. The molecular formula is C28H30N4O4. The summed E-state index contributed by atoms with van der Waals surface area (Å²) in [6.45, 7) is 1.63. The molecule has 0 aliphatic carbocycles. The SMILES string of the molecule is COc1ccc(C2=NN(C(=O)CN3CCC(C(=O)Nc4ccccc4)CC3)C(c3ccco3)C2)cc1. The molecule has 2 aliphatic heterocycles. The van der Waals surface area contributed by atoms with Crippen LogP contribution < -0.4 is 10.1 Å². The van der Waals surface area contributed by atoms with Crippen molar-refractivity contribution in [1.29, 1.82) is 0 Å². The number of amides is 2. The van der Waals surface area contributed by atoms with Crippen molar-refractivity contribution in [1.82, 2.24) is 9.91 Å². The number of hydrogen-bond donors (Lipinski definition) is 1. The molecule has 1 N–H and O–H groups in total. The van der Waals surface area contributed by atoms with Gasteiger partial charge in [-0.05, 0) is 80.0 Å². The zero-order valence-corrected chi connectivity index (χ0v) is 20.3. The number of rotatable bonds is 7. The van der Waals surface area contributed by atoms with Gasteiger partial charge in [0.1, 0.15) is 17.6 Å². The van der Waals surface area contributed by atoms with E-state index < -0.39 is 0 Å². The number of ether oxygens (including phenoxy) is 1. The molecule has 3 heterocycles. The fourth-order valence-electron chi connectivity index (χ4n) is 4.78. The van der Waals surface area contributed by atoms with Gasteiger partial charge in [0.25, 0.3) is 5.91 Å². The number of carbonyl (C=O) groups is 2. The third-order valence-electron chi connectivity index (χ3n) is 6.82. The van der Waals surface area contributed by atoms with E-state index >= 15 is 0 Å². The fraction of sp³-hybridized carbons (Fsp3) is 0.321. The van der Waals surface area contributed by atoms with Gasteiger partial charge in [-0.1, -0.05) is 18.2 Å². The van der Waals surface area contributed by atoms with Crippen molar-refractivity contribution in [3.05, 3.63) is 84.3 Å². The number of likely N-dealkylation sites (tertiary alicyclic amines) is 1. The molecule has 1 aromatic heterocycles. The highest BCUT2D eigenvalue weighted by atomic mass is 16.5. The van der Waals surface area contributed by atoms with Crippen LogP contribution in [0, 0.1) is 5.92 Å². The number of nitrogens with zero attached hydrogens (tertiary/aromatic N) is 3. The van der Waals surface area contributed by atoms with Gasteiger partial charge in [0.15, 0.2) is 0 Å². The number of carbonyl (C=O) groups excluding carboxylic acids is 2. The van der Waals surface area contributed by atoms with Gasteiger partial charge < -0.3 is 14.5 Å². The monoisotopic (exact) mass is 486 g/mol. The number of hydrogen-bond acceptors (Lipinski definition) is 6. The zero-order chi connectivity index (χ0) is 24.9. The molecule has 36 heavy (non-hydrogen) atoms. The van der Waals surface area contributed by atoms with Gasteiger partial charge in [-0.2, -0.15) is 5.10 Å². The summed E-state index contributed by atoms with van der Waals surface area (Å²) in [5.41, 5.74) is 2.60. The lowest BCUT2D eigenvalue weighted by Crippen LogP contribution is -2.43. The predicted octanol–water partition coefficient (Wildman–Crippen LogP) is 4.32. The smallest absolute Gasteiger partial charge is 0.257 e. The van der Waals surface area contributed by atoms with Gasteiger partial charge in [-0.3, -0.25) is 14.5 Å². The molecule has 0 saturated carbocycles. The van der Waals surface area contributed by atoms with E-state index in [0.717, 1.165) is 22.7 Å². The third kappa shape index (κ3) is 5.33. The maximum absolute atomic E-state index is 13.4. The van der Waals surface area contributed by atoms with Gasteiger partial charge in [-0.25, -0.2) is 5.01 Å². The van der Waals surface area contributed by atoms with Crippen molar-refractivity contribution < 1.29 is 18.7 Å². The Hall–Kier alpha value is -3.91. The Balaban J connectivity index is 1.22. The van der Waals surface area contributed by atoms with Crippen molar-refractivity contribution in [3.8, 4) is 5.75 Å². The molecule has 1 saturated heterocycles. The zero-order valence-electron chi connectivity index (χ0n) is 20.3. The molecule has 0 spiro atoms. The Morgan fingerprint density at radius 3 is 2.44 bits per heavy atom. The van der Waals surface area contributed by atoms with E-state index in [1.807, 2.05) is 66.7 Å². The van der Waals surface area contributed by atoms with Crippen LogP contribution in [0.5, 0.6) is 5.75 Å². The molecule has 1 unspecified atom stereocenters. The molecule has 8 heteroatoms. The van der Waals surface area contributed by atoms with Gasteiger partial charge >= 0.3 is 0 Å². The number of methoxy groups -OCH3 is 1. The number of piperidine rings is 1. The quantitative estimate of drug-likeness (QED) is 0.538. The number of furan rings is 1. The summed E-state index contributed by atoms with van der Waals surface area (Å²) >= 11 is 0. The number of benzene rings is 2. The predicted molar refractivity (Wildman–Crippen MR) is 137 cm³/mol. The van der Waals surface area contributed by atoms with Crippen LogP contribution in [0.25, 0.3) is 0 Å². The summed E-state index contributed by atoms with van der Waals surface area (Å²) < 4.78 is 10.9. The second-order valence-corrected chi connectivity index (χ2v) is 9.15. The molecule has 3 aromatic rings. The Morgan fingerprint density at radius 2 is 1.78 bits per heavy atom. The van der Waals surface area contributed by atoms with Crippen molar-refractivity contribution >= 4 is 23.2 Å². The van der Waals surface area contributed by atoms with Crippen LogP contribution in [0.3, 0.4) is 0 Å². The first-order valence-corrected chi connectivity index (χ1v) is 12.3. The van der Waals surface area contributed by atoms with Crippen LogP contribution in [-0.2, 0) is 9.59 Å². The Bertz CT molecular complexity index is 1200. The molecule has 8 nitrogen and oxygen atoms in total. The molecule has 1 atom stereocenters. The van der Waals surface area contributed by atoms with Gasteiger partial charge in [0.05, 0.1) is 25.6 Å². The van der Waals surface area contributed by atoms with Crippen molar-refractivity contribution in [3.63, 3.8) is 0 Å². The van der Waals surface area contributed by atoms with E-state index in [-0.39, 0.29) is 30.3 Å². The maximum Gasteiger partial charge on any atom is 0.257 e. The lowest BCUT2D eigenvalue weighted by atomic mass is 9.95. The molecule has 2 amide bonds. The first-order chi connectivity index (χ1) is 17.6. The lowest BCUT2D eigenvalue weighted by molar-refractivity contribution is -0.135. The summed E-state index contributed by atoms with van der Waals surface area (Å²) in [4.78, 5) is 28.1. The highest BCUT2D eigenvalue weighted by molar-refractivity contribution is 6.03. The summed E-state index contributed by atoms with van der Waals surface area (Å²) in [5, 5.41) is 9.27. The summed E-state index contributed by atoms with van der Waals surface area (Å²) in [7, 11) is 1.63. The van der Waals surface area contributed by atoms with Gasteiger partial charge in [0, 0.05) is 18.0 Å². The highest BCUT2D eigenvalue weighted by Gasteiger charge is 2.36. The van der Waals surface area contributed by atoms with E-state index in [1.54, 1.807) is 18.4 Å². The first-order valence-electron chi connectivity index (χ1n) is 12.3. The lowest BCUT2D eigenvalue weighted by Gasteiger charge is -2.32. The average molecular weight is 487 g/mol. The van der Waals surface area contributed by atoms with Crippen molar-refractivity contribution in [2.75, 3.05) is 32.1 Å². The summed E-state index contributed by atoms with van der Waals surface area (Å²) in [6, 6.07) is 20.6. The van der Waals surface area contributed by atoms with Crippen LogP contribution in [0.15, 0.2) is 82.5 Å². The number of para-hydroxylation sites is 1. The van der Waals surface area contributed by atoms with E-state index in [2.05, 4.69) is 10.2 Å². The molecule has 0 bridgehead atoms. The Labute approximate surface area is 210 Å². The van der Waals surface area contributed by atoms with Crippen LogP contribution in [0.4, 0.5) is 5.69 Å². The van der Waals surface area contributed by atoms with E-state index in [0.29, 0.717) is 38.1 Å². The molecule has 186 valence electrons. The van der Waals surface area contributed by atoms with Crippen molar-refractivity contribution in [2.24, 2.45) is 11.0 Å². The Morgan fingerprint density at radius 1 is 1.03 bits per heavy atom. The second kappa shape index (κ2) is 10.8. The number of hydrazone groups is 1. The molecular weight excluding hydrogens is 456 g/mol. The van der Waals surface area contributed by atoms with E-state index in [1.165, 1.54) is 0 Å². The molecule has 1 fully saturated rings. The second-order valence-electron chi connectivity index (χ2n) is 9.15.